The molecule has 0 aliphatic heterocycles. The zero-order chi connectivity index (χ0) is 13.3. The van der Waals surface area contributed by atoms with Gasteiger partial charge in [0.2, 0.25) is 0 Å². The smallest absolute Gasteiger partial charge is 0.177 e. The second-order valence-electron chi connectivity index (χ2n) is 4.25. The van der Waals surface area contributed by atoms with E-state index in [9.17, 15) is 13.6 Å². The molecule has 0 radical (unpaired) electrons. The van der Waals surface area contributed by atoms with Crippen molar-refractivity contribution in [1.82, 2.24) is 0 Å². The summed E-state index contributed by atoms with van der Waals surface area (Å²) in [6.45, 7) is 3.82. The lowest BCUT2D eigenvalue weighted by Gasteiger charge is -2.02. The average Bonchev–Trinajstić information content (AvgIpc) is 2.58. The van der Waals surface area contributed by atoms with Gasteiger partial charge in [-0.3, -0.25) is 4.79 Å². The fourth-order valence-corrected chi connectivity index (χ4v) is 2.77. The van der Waals surface area contributed by atoms with Gasteiger partial charge in [-0.15, -0.1) is 11.3 Å². The van der Waals surface area contributed by atoms with E-state index in [2.05, 4.69) is 0 Å². The van der Waals surface area contributed by atoms with Crippen molar-refractivity contribution in [1.29, 1.82) is 0 Å². The first-order valence-corrected chi connectivity index (χ1v) is 6.38. The van der Waals surface area contributed by atoms with Crippen LogP contribution in [0.15, 0.2) is 23.6 Å². The summed E-state index contributed by atoms with van der Waals surface area (Å²) in [4.78, 5) is 12.7. The fraction of sp³-hybridized carbons (Fsp3) is 0.214. The van der Waals surface area contributed by atoms with Crippen LogP contribution in [-0.4, -0.2) is 5.78 Å². The minimum absolute atomic E-state index is 0.0233. The third-order valence-corrected chi connectivity index (χ3v) is 4.07. The Bertz CT molecular complexity index is 582. The number of hydrogen-bond donors (Lipinski definition) is 0. The summed E-state index contributed by atoms with van der Waals surface area (Å²) in [5, 5.41) is 1.91. The van der Waals surface area contributed by atoms with E-state index in [1.54, 1.807) is 0 Å². The first kappa shape index (κ1) is 12.9. The number of carbonyl (C=O) groups excluding carboxylic acids is 1. The Labute approximate surface area is 108 Å². The quantitative estimate of drug-likeness (QED) is 0.765. The number of carbonyl (C=O) groups is 1. The minimum atomic E-state index is -0.656. The van der Waals surface area contributed by atoms with Crippen molar-refractivity contribution in [3.63, 3.8) is 0 Å². The van der Waals surface area contributed by atoms with Gasteiger partial charge < -0.3 is 0 Å². The van der Waals surface area contributed by atoms with Crippen molar-refractivity contribution in [3.05, 3.63) is 56.8 Å². The Morgan fingerprint density at radius 2 is 1.78 bits per heavy atom. The van der Waals surface area contributed by atoms with Crippen molar-refractivity contribution in [2.24, 2.45) is 0 Å². The Morgan fingerprint density at radius 1 is 1.17 bits per heavy atom. The number of ketones is 1. The standard InChI is InChI=1S/C14H12F2OS/c1-8-7-18-14(9(8)2)13(17)5-10-3-11(15)6-12(16)4-10/h3-4,6-7H,5H2,1-2H3. The van der Waals surface area contributed by atoms with E-state index >= 15 is 0 Å². The molecule has 0 N–H and O–H groups in total. The summed E-state index contributed by atoms with van der Waals surface area (Å²) in [6, 6.07) is 3.18. The molecule has 0 spiro atoms. The molecule has 0 bridgehead atoms. The first-order valence-electron chi connectivity index (χ1n) is 5.50. The topological polar surface area (TPSA) is 17.1 Å². The van der Waals surface area contributed by atoms with Gasteiger partial charge in [0.1, 0.15) is 11.6 Å². The van der Waals surface area contributed by atoms with E-state index in [0.717, 1.165) is 17.2 Å². The molecule has 4 heteroatoms. The molecule has 2 aromatic rings. The predicted octanol–water partition coefficient (Wildman–Crippen LogP) is 4.07. The fourth-order valence-electron chi connectivity index (χ4n) is 1.76. The lowest BCUT2D eigenvalue weighted by molar-refractivity contribution is 0.0996. The highest BCUT2D eigenvalue weighted by atomic mass is 32.1. The average molecular weight is 266 g/mol. The van der Waals surface area contributed by atoms with E-state index in [1.165, 1.54) is 23.5 Å². The van der Waals surface area contributed by atoms with Gasteiger partial charge in [0, 0.05) is 12.5 Å². The van der Waals surface area contributed by atoms with Gasteiger partial charge in [-0.1, -0.05) is 0 Å². The lowest BCUT2D eigenvalue weighted by Crippen LogP contribution is -2.04. The molecule has 0 aliphatic rings. The maximum Gasteiger partial charge on any atom is 0.177 e. The van der Waals surface area contributed by atoms with Crippen molar-refractivity contribution in [2.75, 3.05) is 0 Å². The Kier molecular flexibility index (Phi) is 3.57. The molecule has 1 aromatic carbocycles. The summed E-state index contributed by atoms with van der Waals surface area (Å²) < 4.78 is 26.0. The molecule has 1 aromatic heterocycles. The number of thiophene rings is 1. The second kappa shape index (κ2) is 4.98. The van der Waals surface area contributed by atoms with Crippen LogP contribution in [-0.2, 0) is 6.42 Å². The predicted molar refractivity (Wildman–Crippen MR) is 68.2 cm³/mol. The van der Waals surface area contributed by atoms with Gasteiger partial charge in [-0.05, 0) is 48.1 Å². The van der Waals surface area contributed by atoms with Gasteiger partial charge >= 0.3 is 0 Å². The number of rotatable bonds is 3. The lowest BCUT2D eigenvalue weighted by atomic mass is 10.0. The van der Waals surface area contributed by atoms with Gasteiger partial charge in [0.05, 0.1) is 4.88 Å². The highest BCUT2D eigenvalue weighted by Crippen LogP contribution is 2.23. The SMILES string of the molecule is Cc1csc(C(=O)Cc2cc(F)cc(F)c2)c1C. The van der Waals surface area contributed by atoms with Gasteiger partial charge in [0.25, 0.3) is 0 Å². The van der Waals surface area contributed by atoms with E-state index in [4.69, 9.17) is 0 Å². The molecular weight excluding hydrogens is 254 g/mol. The summed E-state index contributed by atoms with van der Waals surface area (Å²) in [7, 11) is 0. The van der Waals surface area contributed by atoms with E-state index in [-0.39, 0.29) is 12.2 Å². The maximum absolute atomic E-state index is 13.0. The number of Topliss-reactive ketones (excluding diaryl/α,β-unsaturated/α-hetero) is 1. The minimum Gasteiger partial charge on any atom is -0.293 e. The van der Waals surface area contributed by atoms with Crippen molar-refractivity contribution in [2.45, 2.75) is 20.3 Å². The van der Waals surface area contributed by atoms with Crippen LogP contribution >= 0.6 is 11.3 Å². The molecule has 0 unspecified atom stereocenters. The molecule has 0 atom stereocenters. The van der Waals surface area contributed by atoms with E-state index in [0.29, 0.717) is 10.4 Å². The molecule has 0 amide bonds. The summed E-state index contributed by atoms with van der Waals surface area (Å²) in [6.07, 6.45) is 0.0233. The van der Waals surface area contributed by atoms with E-state index < -0.39 is 11.6 Å². The molecule has 0 saturated heterocycles. The third-order valence-electron chi connectivity index (χ3n) is 2.83. The maximum atomic E-state index is 13.0. The van der Waals surface area contributed by atoms with Crippen LogP contribution in [0.5, 0.6) is 0 Å². The van der Waals surface area contributed by atoms with Crippen molar-refractivity contribution in [3.8, 4) is 0 Å². The van der Waals surface area contributed by atoms with Crippen LogP contribution in [0.25, 0.3) is 0 Å². The van der Waals surface area contributed by atoms with Crippen LogP contribution in [0.4, 0.5) is 8.78 Å². The Morgan fingerprint density at radius 3 is 2.28 bits per heavy atom. The largest absolute Gasteiger partial charge is 0.293 e. The van der Waals surface area contributed by atoms with Crippen LogP contribution < -0.4 is 0 Å². The summed E-state index contributed by atoms with van der Waals surface area (Å²) in [5.41, 5.74) is 2.37. The summed E-state index contributed by atoms with van der Waals surface area (Å²) in [5.74, 6) is -1.41. The number of aryl methyl sites for hydroxylation is 1. The molecule has 0 fully saturated rings. The molecular formula is C14H12F2OS. The number of halogens is 2. The van der Waals surface area contributed by atoms with Gasteiger partial charge in [0.15, 0.2) is 5.78 Å². The van der Waals surface area contributed by atoms with Crippen molar-refractivity contribution < 1.29 is 13.6 Å². The highest BCUT2D eigenvalue weighted by Gasteiger charge is 2.14. The molecule has 94 valence electrons. The molecule has 0 saturated carbocycles. The number of hydrogen-bond acceptors (Lipinski definition) is 2. The molecule has 0 aliphatic carbocycles. The zero-order valence-corrected chi connectivity index (χ0v) is 10.9. The molecule has 18 heavy (non-hydrogen) atoms. The summed E-state index contributed by atoms with van der Waals surface area (Å²) >= 11 is 1.37. The van der Waals surface area contributed by atoms with E-state index in [1.807, 2.05) is 19.2 Å². The van der Waals surface area contributed by atoms with Crippen LogP contribution in [0.3, 0.4) is 0 Å². The van der Waals surface area contributed by atoms with Crippen molar-refractivity contribution >= 4 is 17.1 Å². The third kappa shape index (κ3) is 2.64. The molecule has 1 heterocycles. The van der Waals surface area contributed by atoms with Crippen LogP contribution in [0.2, 0.25) is 0 Å². The van der Waals surface area contributed by atoms with Gasteiger partial charge in [-0.2, -0.15) is 0 Å². The molecule has 1 nitrogen and oxygen atoms in total. The van der Waals surface area contributed by atoms with Crippen LogP contribution in [0.1, 0.15) is 26.4 Å². The zero-order valence-electron chi connectivity index (χ0n) is 10.1. The second-order valence-corrected chi connectivity index (χ2v) is 5.13. The highest BCUT2D eigenvalue weighted by molar-refractivity contribution is 7.12. The number of benzene rings is 1. The first-order chi connectivity index (χ1) is 8.47. The Hall–Kier alpha value is -1.55. The normalized spacial score (nSPS) is 10.7. The van der Waals surface area contributed by atoms with Gasteiger partial charge in [-0.25, -0.2) is 8.78 Å². The van der Waals surface area contributed by atoms with Crippen LogP contribution in [0, 0.1) is 25.5 Å². The molecule has 2 rings (SSSR count). The Balaban J connectivity index is 2.24. The monoisotopic (exact) mass is 266 g/mol.